The normalized spacial score (nSPS) is 17.2. The van der Waals surface area contributed by atoms with Gasteiger partial charge >= 0.3 is 0 Å². The highest BCUT2D eigenvalue weighted by Gasteiger charge is 2.29. The number of methoxy groups -OCH3 is 1. The third-order valence-corrected chi connectivity index (χ3v) is 4.77. The lowest BCUT2D eigenvalue weighted by atomic mass is 10.0. The molecule has 1 saturated heterocycles. The van der Waals surface area contributed by atoms with Gasteiger partial charge in [0.2, 0.25) is 5.91 Å². The molecule has 0 radical (unpaired) electrons. The number of ether oxygens (including phenoxy) is 1. The fraction of sp³-hybridized carbons (Fsp3) is 0.474. The van der Waals surface area contributed by atoms with E-state index in [1.165, 1.54) is 5.56 Å². The summed E-state index contributed by atoms with van der Waals surface area (Å²) in [7, 11) is 1.68. The fourth-order valence-electron chi connectivity index (χ4n) is 3.44. The molecule has 0 aliphatic carbocycles. The molecule has 5 nitrogen and oxygen atoms in total. The van der Waals surface area contributed by atoms with Crippen molar-refractivity contribution in [1.82, 2.24) is 14.5 Å². The number of imidazole rings is 1. The molecule has 1 aliphatic heterocycles. The average molecular weight is 327 g/mol. The smallest absolute Gasteiger partial charge is 0.223 e. The minimum Gasteiger partial charge on any atom is -0.497 e. The summed E-state index contributed by atoms with van der Waals surface area (Å²) in [5, 5.41) is 0. The van der Waals surface area contributed by atoms with E-state index in [4.69, 9.17) is 4.74 Å². The lowest BCUT2D eigenvalue weighted by Gasteiger charge is -2.25. The lowest BCUT2D eigenvalue weighted by Crippen LogP contribution is -2.30. The molecule has 128 valence electrons. The number of hydrogen-bond acceptors (Lipinski definition) is 3. The van der Waals surface area contributed by atoms with Gasteiger partial charge in [-0.15, -0.1) is 0 Å². The Morgan fingerprint density at radius 3 is 3.04 bits per heavy atom. The molecule has 2 aromatic rings. The zero-order valence-electron chi connectivity index (χ0n) is 14.4. The van der Waals surface area contributed by atoms with Gasteiger partial charge in [-0.1, -0.05) is 12.1 Å². The zero-order valence-corrected chi connectivity index (χ0v) is 14.4. The minimum atomic E-state index is 0.183. The molecule has 1 aromatic heterocycles. The Kier molecular flexibility index (Phi) is 5.18. The van der Waals surface area contributed by atoms with Crippen LogP contribution in [0.2, 0.25) is 0 Å². The number of aromatic nitrogens is 2. The summed E-state index contributed by atoms with van der Waals surface area (Å²) >= 11 is 0. The quantitative estimate of drug-likeness (QED) is 0.817. The summed E-state index contributed by atoms with van der Waals surface area (Å²) in [4.78, 5) is 18.9. The maximum Gasteiger partial charge on any atom is 0.223 e. The SMILES string of the molecule is COc1cccc(C2CCCN2C(=O)CCCn2ccnc2C)c1. The van der Waals surface area contributed by atoms with Gasteiger partial charge in [-0.3, -0.25) is 4.79 Å². The Morgan fingerprint density at radius 2 is 2.29 bits per heavy atom. The summed E-state index contributed by atoms with van der Waals surface area (Å²) in [5.74, 6) is 2.10. The van der Waals surface area contributed by atoms with Crippen molar-refractivity contribution in [3.05, 3.63) is 48.0 Å². The van der Waals surface area contributed by atoms with Gasteiger partial charge in [0.15, 0.2) is 0 Å². The van der Waals surface area contributed by atoms with Crippen molar-refractivity contribution in [1.29, 1.82) is 0 Å². The van der Waals surface area contributed by atoms with E-state index in [0.717, 1.165) is 43.9 Å². The topological polar surface area (TPSA) is 47.4 Å². The number of benzene rings is 1. The van der Waals surface area contributed by atoms with Crippen molar-refractivity contribution in [3.8, 4) is 5.75 Å². The Morgan fingerprint density at radius 1 is 1.42 bits per heavy atom. The third kappa shape index (κ3) is 3.61. The molecule has 1 fully saturated rings. The average Bonchev–Trinajstić information content (AvgIpc) is 3.24. The van der Waals surface area contributed by atoms with Crippen LogP contribution in [0.4, 0.5) is 0 Å². The van der Waals surface area contributed by atoms with E-state index in [1.54, 1.807) is 13.3 Å². The lowest BCUT2D eigenvalue weighted by molar-refractivity contribution is -0.132. The molecular formula is C19H25N3O2. The van der Waals surface area contributed by atoms with Gasteiger partial charge < -0.3 is 14.2 Å². The van der Waals surface area contributed by atoms with Gasteiger partial charge in [0.25, 0.3) is 0 Å². The summed E-state index contributed by atoms with van der Waals surface area (Å²) < 4.78 is 7.41. The van der Waals surface area contributed by atoms with E-state index in [0.29, 0.717) is 6.42 Å². The van der Waals surface area contributed by atoms with Crippen molar-refractivity contribution in [2.24, 2.45) is 0 Å². The van der Waals surface area contributed by atoms with E-state index >= 15 is 0 Å². The second-order valence-electron chi connectivity index (χ2n) is 6.29. The number of nitrogens with zero attached hydrogens (tertiary/aromatic N) is 3. The Bertz CT molecular complexity index is 695. The molecule has 1 unspecified atom stereocenters. The standard InChI is InChI=1S/C19H25N3O2/c1-15-20-10-13-21(15)11-5-9-19(23)22-12-4-8-18(22)16-6-3-7-17(14-16)24-2/h3,6-7,10,13-14,18H,4-5,8-9,11-12H2,1-2H3. The number of carbonyl (C=O) groups is 1. The maximum absolute atomic E-state index is 12.7. The first-order chi connectivity index (χ1) is 11.7. The van der Waals surface area contributed by atoms with Gasteiger partial charge in [0.1, 0.15) is 11.6 Å². The Balaban J connectivity index is 1.60. The van der Waals surface area contributed by atoms with E-state index in [1.807, 2.05) is 36.2 Å². The first-order valence-corrected chi connectivity index (χ1v) is 8.60. The van der Waals surface area contributed by atoms with Crippen molar-refractivity contribution in [3.63, 3.8) is 0 Å². The predicted octanol–water partition coefficient (Wildman–Crippen LogP) is 3.34. The molecule has 0 spiro atoms. The van der Waals surface area contributed by atoms with E-state index in [-0.39, 0.29) is 11.9 Å². The summed E-state index contributed by atoms with van der Waals surface area (Å²) in [5.41, 5.74) is 1.17. The molecule has 1 aliphatic rings. The van der Waals surface area contributed by atoms with Crippen LogP contribution in [-0.4, -0.2) is 34.0 Å². The molecule has 0 bridgehead atoms. The maximum atomic E-state index is 12.7. The third-order valence-electron chi connectivity index (χ3n) is 4.77. The Hall–Kier alpha value is -2.30. The summed E-state index contributed by atoms with van der Waals surface area (Å²) in [6.45, 7) is 3.68. The van der Waals surface area contributed by atoms with Crippen LogP contribution in [0.15, 0.2) is 36.7 Å². The monoisotopic (exact) mass is 327 g/mol. The van der Waals surface area contributed by atoms with Gasteiger partial charge in [0.05, 0.1) is 13.2 Å². The van der Waals surface area contributed by atoms with E-state index < -0.39 is 0 Å². The second kappa shape index (κ2) is 7.51. The first-order valence-electron chi connectivity index (χ1n) is 8.60. The molecule has 1 aromatic carbocycles. The van der Waals surface area contributed by atoms with E-state index in [9.17, 15) is 4.79 Å². The summed E-state index contributed by atoms with van der Waals surface area (Å²) in [6.07, 6.45) is 7.29. The minimum absolute atomic E-state index is 0.183. The van der Waals surface area contributed by atoms with E-state index in [2.05, 4.69) is 15.6 Å². The summed E-state index contributed by atoms with van der Waals surface area (Å²) in [6, 6.07) is 8.26. The van der Waals surface area contributed by atoms with Crippen molar-refractivity contribution in [2.45, 2.75) is 45.2 Å². The molecule has 24 heavy (non-hydrogen) atoms. The van der Waals surface area contributed by atoms with Gasteiger partial charge in [-0.05, 0) is 43.9 Å². The van der Waals surface area contributed by atoms with Crippen LogP contribution in [0.3, 0.4) is 0 Å². The van der Waals surface area contributed by atoms with Crippen LogP contribution >= 0.6 is 0 Å². The van der Waals surface area contributed by atoms with Crippen molar-refractivity contribution >= 4 is 5.91 Å². The van der Waals surface area contributed by atoms with Crippen LogP contribution in [0.25, 0.3) is 0 Å². The molecule has 5 heteroatoms. The molecule has 0 N–H and O–H groups in total. The highest BCUT2D eigenvalue weighted by Crippen LogP contribution is 2.34. The zero-order chi connectivity index (χ0) is 16.9. The number of likely N-dealkylation sites (tertiary alicyclic amines) is 1. The molecule has 2 heterocycles. The van der Waals surface area contributed by atoms with Crippen LogP contribution < -0.4 is 4.74 Å². The van der Waals surface area contributed by atoms with Crippen molar-refractivity contribution < 1.29 is 9.53 Å². The molecule has 3 rings (SSSR count). The van der Waals surface area contributed by atoms with Crippen LogP contribution in [0, 0.1) is 6.92 Å². The number of amides is 1. The highest BCUT2D eigenvalue weighted by atomic mass is 16.5. The number of rotatable bonds is 6. The second-order valence-corrected chi connectivity index (χ2v) is 6.29. The molecule has 1 amide bonds. The van der Waals surface area contributed by atoms with Crippen LogP contribution in [0.5, 0.6) is 5.75 Å². The number of carbonyl (C=O) groups excluding carboxylic acids is 1. The first kappa shape index (κ1) is 16.6. The van der Waals surface area contributed by atoms with Crippen LogP contribution in [0.1, 0.15) is 43.1 Å². The number of hydrogen-bond donors (Lipinski definition) is 0. The van der Waals surface area contributed by atoms with Gasteiger partial charge in [-0.2, -0.15) is 0 Å². The molecular weight excluding hydrogens is 302 g/mol. The van der Waals surface area contributed by atoms with Crippen molar-refractivity contribution in [2.75, 3.05) is 13.7 Å². The Labute approximate surface area is 143 Å². The van der Waals surface area contributed by atoms with Gasteiger partial charge in [0, 0.05) is 31.9 Å². The number of aryl methyl sites for hydroxylation is 2. The van der Waals surface area contributed by atoms with Gasteiger partial charge in [-0.25, -0.2) is 4.98 Å². The fourth-order valence-corrected chi connectivity index (χ4v) is 3.44. The molecule has 1 atom stereocenters. The van der Waals surface area contributed by atoms with Crippen LogP contribution in [-0.2, 0) is 11.3 Å². The largest absolute Gasteiger partial charge is 0.497 e. The highest BCUT2D eigenvalue weighted by molar-refractivity contribution is 5.77. The molecule has 0 saturated carbocycles. The predicted molar refractivity (Wildman–Crippen MR) is 92.9 cm³/mol.